The molecule has 110 valence electrons. The van der Waals surface area contributed by atoms with Gasteiger partial charge in [-0.3, -0.25) is 9.59 Å². The molecule has 2 heterocycles. The van der Waals surface area contributed by atoms with E-state index in [1.165, 1.54) is 0 Å². The van der Waals surface area contributed by atoms with E-state index in [9.17, 15) is 14.4 Å². The van der Waals surface area contributed by atoms with Crippen molar-refractivity contribution in [2.75, 3.05) is 20.1 Å². The molecule has 1 unspecified atom stereocenters. The summed E-state index contributed by atoms with van der Waals surface area (Å²) in [5.74, 6) is -1.97. The number of amides is 2. The second kappa shape index (κ2) is 5.29. The maximum Gasteiger partial charge on any atom is 0.337 e. The first-order valence-corrected chi connectivity index (χ1v) is 6.96. The van der Waals surface area contributed by atoms with Gasteiger partial charge in [-0.15, -0.1) is 0 Å². The molecule has 1 aromatic carbocycles. The number of carbonyl (C=O) groups excluding carboxylic acids is 3. The third-order valence-corrected chi connectivity index (χ3v) is 3.90. The van der Waals surface area contributed by atoms with Crippen molar-refractivity contribution in [3.05, 3.63) is 35.4 Å². The van der Waals surface area contributed by atoms with Crippen LogP contribution in [0.15, 0.2) is 24.3 Å². The highest BCUT2D eigenvalue weighted by atomic mass is 16.7. The van der Waals surface area contributed by atoms with E-state index in [1.54, 1.807) is 24.3 Å². The van der Waals surface area contributed by atoms with Crippen molar-refractivity contribution in [3.8, 4) is 0 Å². The molecule has 1 saturated heterocycles. The summed E-state index contributed by atoms with van der Waals surface area (Å²) in [6.45, 7) is 1.53. The number of fused-ring (bicyclic) bond motifs is 1. The lowest BCUT2D eigenvalue weighted by Gasteiger charge is -2.28. The van der Waals surface area contributed by atoms with Gasteiger partial charge < -0.3 is 9.74 Å². The van der Waals surface area contributed by atoms with Gasteiger partial charge in [-0.1, -0.05) is 17.2 Å². The van der Waals surface area contributed by atoms with Crippen LogP contribution in [-0.4, -0.2) is 47.9 Å². The Morgan fingerprint density at radius 1 is 1.19 bits per heavy atom. The van der Waals surface area contributed by atoms with Crippen molar-refractivity contribution < 1.29 is 19.2 Å². The summed E-state index contributed by atoms with van der Waals surface area (Å²) >= 11 is 0. The molecule has 21 heavy (non-hydrogen) atoms. The van der Waals surface area contributed by atoms with Crippen LogP contribution in [0.4, 0.5) is 0 Å². The number of rotatable bonds is 2. The summed E-state index contributed by atoms with van der Waals surface area (Å²) in [6, 6.07) is 6.45. The van der Waals surface area contributed by atoms with Gasteiger partial charge in [-0.25, -0.2) is 4.79 Å². The van der Waals surface area contributed by atoms with Crippen LogP contribution in [-0.2, 0) is 9.63 Å². The molecule has 0 N–H and O–H groups in total. The van der Waals surface area contributed by atoms with Crippen molar-refractivity contribution in [1.82, 2.24) is 9.96 Å². The summed E-state index contributed by atoms with van der Waals surface area (Å²) in [7, 11) is 1.93. The van der Waals surface area contributed by atoms with Crippen LogP contribution in [0.25, 0.3) is 0 Å². The standard InChI is InChI=1S/C15H16N2O4/c1-16-8-4-5-10(9-16)15(20)21-17-13(18)11-6-2-3-7-12(11)14(17)19/h2-3,6-7,10H,4-5,8-9H2,1H3. The molecule has 6 nitrogen and oxygen atoms in total. The van der Waals surface area contributed by atoms with Crippen LogP contribution >= 0.6 is 0 Å². The molecule has 2 aliphatic rings. The molecule has 1 fully saturated rings. The Bertz CT molecular complexity index is 578. The summed E-state index contributed by atoms with van der Waals surface area (Å²) in [6.07, 6.45) is 1.62. The predicted molar refractivity (Wildman–Crippen MR) is 73.3 cm³/mol. The van der Waals surface area contributed by atoms with Crippen LogP contribution in [0.5, 0.6) is 0 Å². The molecular weight excluding hydrogens is 272 g/mol. The molecule has 6 heteroatoms. The molecular formula is C15H16N2O4. The third kappa shape index (κ3) is 2.42. The van der Waals surface area contributed by atoms with E-state index in [1.807, 2.05) is 11.9 Å². The summed E-state index contributed by atoms with van der Waals surface area (Å²) in [4.78, 5) is 43.5. The van der Waals surface area contributed by atoms with Gasteiger partial charge in [0.2, 0.25) is 0 Å². The SMILES string of the molecule is CN1CCCC(C(=O)ON2C(=O)c3ccccc3C2=O)C1. The summed E-state index contributed by atoms with van der Waals surface area (Å²) in [5.41, 5.74) is 0.548. The van der Waals surface area contributed by atoms with Gasteiger partial charge in [0.05, 0.1) is 17.0 Å². The van der Waals surface area contributed by atoms with Gasteiger partial charge in [-0.05, 0) is 38.6 Å². The molecule has 1 aromatic rings. The van der Waals surface area contributed by atoms with E-state index >= 15 is 0 Å². The lowest BCUT2D eigenvalue weighted by atomic mass is 9.99. The molecule has 0 aliphatic carbocycles. The topological polar surface area (TPSA) is 66.9 Å². The number of benzene rings is 1. The zero-order chi connectivity index (χ0) is 15.0. The van der Waals surface area contributed by atoms with Crippen LogP contribution in [0, 0.1) is 5.92 Å². The fourth-order valence-electron chi connectivity index (χ4n) is 2.77. The highest BCUT2D eigenvalue weighted by molar-refractivity contribution is 6.20. The highest BCUT2D eigenvalue weighted by Gasteiger charge is 2.40. The highest BCUT2D eigenvalue weighted by Crippen LogP contribution is 2.24. The first kappa shape index (κ1) is 13.8. The zero-order valence-electron chi connectivity index (χ0n) is 11.7. The number of hydrogen-bond acceptors (Lipinski definition) is 5. The third-order valence-electron chi connectivity index (χ3n) is 3.90. The maximum atomic E-state index is 12.1. The number of piperidine rings is 1. The van der Waals surface area contributed by atoms with Gasteiger partial charge in [-0.2, -0.15) is 0 Å². The first-order chi connectivity index (χ1) is 10.1. The minimum absolute atomic E-state index is 0.274. The van der Waals surface area contributed by atoms with E-state index in [0.717, 1.165) is 13.0 Å². The van der Waals surface area contributed by atoms with E-state index in [-0.39, 0.29) is 17.0 Å². The smallest absolute Gasteiger partial charge is 0.329 e. The van der Waals surface area contributed by atoms with Gasteiger partial charge in [0.1, 0.15) is 0 Å². The number of nitrogens with zero attached hydrogens (tertiary/aromatic N) is 2. The minimum Gasteiger partial charge on any atom is -0.329 e. The predicted octanol–water partition coefficient (Wildman–Crippen LogP) is 1.08. The van der Waals surface area contributed by atoms with Gasteiger partial charge >= 0.3 is 5.97 Å². The molecule has 0 spiro atoms. The number of imide groups is 1. The molecule has 3 rings (SSSR count). The molecule has 0 aromatic heterocycles. The fraction of sp³-hybridized carbons (Fsp3) is 0.400. The van der Waals surface area contributed by atoms with E-state index in [0.29, 0.717) is 18.0 Å². The van der Waals surface area contributed by atoms with Gasteiger partial charge in [0.25, 0.3) is 11.8 Å². The Labute approximate surface area is 122 Å². The summed E-state index contributed by atoms with van der Waals surface area (Å²) in [5, 5.41) is 0.585. The lowest BCUT2D eigenvalue weighted by Crippen LogP contribution is -2.41. The van der Waals surface area contributed by atoms with Crippen LogP contribution in [0.2, 0.25) is 0 Å². The number of hydroxylamine groups is 2. The molecule has 0 bridgehead atoms. The van der Waals surface area contributed by atoms with Crippen LogP contribution in [0.1, 0.15) is 33.6 Å². The first-order valence-electron chi connectivity index (χ1n) is 6.96. The Balaban J connectivity index is 1.73. The lowest BCUT2D eigenvalue weighted by molar-refractivity contribution is -0.175. The number of hydrogen-bond donors (Lipinski definition) is 0. The monoisotopic (exact) mass is 288 g/mol. The van der Waals surface area contributed by atoms with Crippen molar-refractivity contribution in [1.29, 1.82) is 0 Å². The maximum absolute atomic E-state index is 12.1. The molecule has 2 aliphatic heterocycles. The fourth-order valence-corrected chi connectivity index (χ4v) is 2.77. The molecule has 2 amide bonds. The second-order valence-corrected chi connectivity index (χ2v) is 5.46. The van der Waals surface area contributed by atoms with Crippen LogP contribution < -0.4 is 0 Å². The Kier molecular flexibility index (Phi) is 3.47. The average Bonchev–Trinajstić information content (AvgIpc) is 2.73. The van der Waals surface area contributed by atoms with E-state index < -0.39 is 17.8 Å². The van der Waals surface area contributed by atoms with Crippen molar-refractivity contribution in [2.45, 2.75) is 12.8 Å². The number of carbonyl (C=O) groups is 3. The average molecular weight is 288 g/mol. The molecule has 0 radical (unpaired) electrons. The number of likely N-dealkylation sites (tertiary alicyclic amines) is 1. The van der Waals surface area contributed by atoms with Crippen molar-refractivity contribution >= 4 is 17.8 Å². The second-order valence-electron chi connectivity index (χ2n) is 5.46. The normalized spacial score (nSPS) is 22.3. The van der Waals surface area contributed by atoms with E-state index in [4.69, 9.17) is 4.84 Å². The van der Waals surface area contributed by atoms with Crippen molar-refractivity contribution in [3.63, 3.8) is 0 Å². The molecule has 1 atom stereocenters. The largest absolute Gasteiger partial charge is 0.337 e. The quantitative estimate of drug-likeness (QED) is 0.762. The zero-order valence-corrected chi connectivity index (χ0v) is 11.7. The molecule has 0 saturated carbocycles. The Morgan fingerprint density at radius 3 is 2.38 bits per heavy atom. The minimum atomic E-state index is -0.576. The Morgan fingerprint density at radius 2 is 1.81 bits per heavy atom. The van der Waals surface area contributed by atoms with Crippen molar-refractivity contribution in [2.24, 2.45) is 5.92 Å². The summed E-state index contributed by atoms with van der Waals surface area (Å²) < 4.78 is 0. The van der Waals surface area contributed by atoms with Crippen LogP contribution in [0.3, 0.4) is 0 Å². The van der Waals surface area contributed by atoms with Gasteiger partial charge in [0.15, 0.2) is 0 Å². The van der Waals surface area contributed by atoms with E-state index in [2.05, 4.69) is 0 Å². The van der Waals surface area contributed by atoms with Gasteiger partial charge in [0, 0.05) is 6.54 Å². The Hall–Kier alpha value is -2.21.